The quantitative estimate of drug-likeness (QED) is 0.141. The van der Waals surface area contributed by atoms with Gasteiger partial charge in [0.05, 0.1) is 30.1 Å². The van der Waals surface area contributed by atoms with Gasteiger partial charge in [0, 0.05) is 60.8 Å². The molecule has 13 aromatic rings. The van der Waals surface area contributed by atoms with Gasteiger partial charge in [-0.3, -0.25) is 0 Å². The van der Waals surface area contributed by atoms with Crippen LogP contribution in [-0.4, -0.2) is 6.71 Å². The maximum atomic E-state index is 11.1. The van der Waals surface area contributed by atoms with Gasteiger partial charge >= 0.3 is 0 Å². The highest BCUT2D eigenvalue weighted by Crippen LogP contribution is 2.56. The first kappa shape index (κ1) is 43.3. The number of hydrogen-bond acceptors (Lipinski definition) is 3. The molecule has 86 heavy (non-hydrogen) atoms. The number of hydrogen-bond donors (Lipinski definition) is 0. The molecule has 0 spiro atoms. The molecule has 414 valence electrons. The zero-order valence-corrected chi connectivity index (χ0v) is 49.7. The van der Waals surface area contributed by atoms with Crippen molar-refractivity contribution >= 4 is 102 Å². The Balaban J connectivity index is 1.22. The Morgan fingerprint density at radius 2 is 0.849 bits per heavy atom. The van der Waals surface area contributed by atoms with Gasteiger partial charge in [-0.05, 0) is 156 Å². The van der Waals surface area contributed by atoms with Gasteiger partial charge < -0.3 is 14.2 Å². The van der Waals surface area contributed by atoms with Crippen LogP contribution in [0, 0.1) is 0 Å². The molecule has 15 rings (SSSR count). The highest BCUT2D eigenvalue weighted by Gasteiger charge is 2.46. The van der Waals surface area contributed by atoms with Gasteiger partial charge in [-0.25, -0.2) is 0 Å². The molecule has 3 nitrogen and oxygen atoms in total. The first-order valence-corrected chi connectivity index (χ1v) is 29.7. The summed E-state index contributed by atoms with van der Waals surface area (Å²) in [5.74, 6) is 0. The summed E-state index contributed by atoms with van der Waals surface area (Å²) >= 11 is 15.2. The van der Waals surface area contributed by atoms with E-state index in [0.717, 1.165) is 72.0 Å². The van der Waals surface area contributed by atoms with Crippen LogP contribution in [-0.2, 0) is 10.8 Å². The lowest BCUT2D eigenvalue weighted by molar-refractivity contribution is 0.590. The predicted octanol–water partition coefficient (Wildman–Crippen LogP) is 21.6. The number of rotatable bonds is 8. The minimum absolute atomic E-state index is 0.0853. The summed E-state index contributed by atoms with van der Waals surface area (Å²) in [4.78, 5) is 4.07. The second-order valence-electron chi connectivity index (χ2n) is 24.3. The van der Waals surface area contributed by atoms with Crippen LogP contribution in [0.3, 0.4) is 0 Å². The van der Waals surface area contributed by atoms with E-state index in [0.29, 0.717) is 44.9 Å². The maximum absolute atomic E-state index is 11.1. The van der Waals surface area contributed by atoms with Crippen molar-refractivity contribution in [3.8, 4) is 66.8 Å². The Morgan fingerprint density at radius 1 is 0.384 bits per heavy atom. The molecule has 0 N–H and O–H groups in total. The number of fused-ring (bicyclic) bond motifs is 7. The molecule has 0 bridgehead atoms. The van der Waals surface area contributed by atoms with Crippen molar-refractivity contribution in [3.63, 3.8) is 0 Å². The van der Waals surface area contributed by atoms with Gasteiger partial charge in [-0.15, -0.1) is 0 Å². The van der Waals surface area contributed by atoms with Crippen molar-refractivity contribution < 1.29 is 18.1 Å². The Morgan fingerprint density at radius 3 is 1.35 bits per heavy atom. The molecule has 0 unspecified atom stereocenters. The van der Waals surface area contributed by atoms with Crippen LogP contribution in [0.25, 0.3) is 88.7 Å². The van der Waals surface area contributed by atoms with E-state index in [1.165, 1.54) is 0 Å². The van der Waals surface area contributed by atoms with Crippen molar-refractivity contribution in [1.29, 1.82) is 0 Å². The maximum Gasteiger partial charge on any atom is 0.252 e. The highest BCUT2D eigenvalue weighted by atomic mass is 35.5. The fourth-order valence-corrected chi connectivity index (χ4v) is 13.0. The standard InChI is InChI=1S/C80H61BCl2N2O/c1-79(2,3)57-43-62(51-26-14-8-15-27-51)77(63(44-57)52-28-16-9-17-29-52)84-70-47-59(82)37-38-67(70)81-68-48-61(50-24-12-7-13-25-50)69(83)49-71(68)85(73-42-56(41-72(84)76(73)81)55-36-39-75-66(40-55)60-34-22-23-35-74(60)86-75)78-64(53-30-18-10-19-31-53)45-58(80(4,5)6)46-65(78)54-32-20-11-21-33-54/h7-49H,1-6H3/i7D,12D,13D,24D,25D,37D,38D,47D,48D,49D. The normalized spacial score (nSPS) is 14.4. The summed E-state index contributed by atoms with van der Waals surface area (Å²) < 4.78 is 105. The SMILES string of the molecule is [2H]c1c([2H])c([2H])c(-c2c([2H])c3c(c([2H])c2Cl)N(c2c(-c4ccccc4)cc(C(C)(C)C)cc2-c2ccccc2)c2cc(-c4ccc5oc6ccccc6c5c4)cc4c2B3c2c([2H])c([2H])c(Cl)c([2H])c2N4c2c(-c3ccccc3)cc(C(C)(C)C)cc2-c2ccccc2)c([2H])c1[2H]. The van der Waals surface area contributed by atoms with E-state index in [1.807, 2.05) is 143 Å². The fraction of sp³-hybridized carbons (Fsp3) is 0.100. The van der Waals surface area contributed by atoms with Gasteiger partial charge in [-0.2, -0.15) is 0 Å². The first-order chi connectivity index (χ1) is 45.9. The third kappa shape index (κ3) is 9.05. The largest absolute Gasteiger partial charge is 0.456 e. The van der Waals surface area contributed by atoms with Crippen molar-refractivity contribution in [3.05, 3.63) is 282 Å². The van der Waals surface area contributed by atoms with Crippen molar-refractivity contribution in [2.24, 2.45) is 0 Å². The number of nitrogens with zero attached hydrogens (tertiary/aromatic N) is 2. The summed E-state index contributed by atoms with van der Waals surface area (Å²) in [6.45, 7) is 11.7. The monoisotopic (exact) mass is 1160 g/mol. The van der Waals surface area contributed by atoms with E-state index in [1.54, 1.807) is 0 Å². The molecule has 0 radical (unpaired) electrons. The lowest BCUT2D eigenvalue weighted by atomic mass is 9.33. The van der Waals surface area contributed by atoms with Crippen LogP contribution < -0.4 is 26.2 Å². The second kappa shape index (κ2) is 20.7. The van der Waals surface area contributed by atoms with Crippen molar-refractivity contribution in [1.82, 2.24) is 0 Å². The molecule has 3 heterocycles. The molecule has 12 aromatic carbocycles. The van der Waals surface area contributed by atoms with E-state index in [9.17, 15) is 9.60 Å². The molecule has 0 aliphatic carbocycles. The lowest BCUT2D eigenvalue weighted by Gasteiger charge is -2.46. The highest BCUT2D eigenvalue weighted by molar-refractivity contribution is 7.00. The summed E-state index contributed by atoms with van der Waals surface area (Å²) in [7, 11) is 0. The fourth-order valence-electron chi connectivity index (χ4n) is 12.7. The molecule has 0 fully saturated rings. The number of halogens is 2. The first-order valence-electron chi connectivity index (χ1n) is 33.9. The smallest absolute Gasteiger partial charge is 0.252 e. The van der Waals surface area contributed by atoms with Crippen LogP contribution >= 0.6 is 23.2 Å². The van der Waals surface area contributed by atoms with Crippen LogP contribution in [0.1, 0.15) is 66.4 Å². The number of benzene rings is 12. The summed E-state index contributed by atoms with van der Waals surface area (Å²) in [5.41, 5.74) is 13.0. The molecule has 0 amide bonds. The summed E-state index contributed by atoms with van der Waals surface area (Å²) in [6, 6.07) is 62.1. The van der Waals surface area contributed by atoms with E-state index in [4.69, 9.17) is 31.7 Å². The third-order valence-corrected chi connectivity index (χ3v) is 17.4. The zero-order valence-electron chi connectivity index (χ0n) is 58.2. The topological polar surface area (TPSA) is 19.6 Å². The molecule has 6 heteroatoms. The van der Waals surface area contributed by atoms with Crippen LogP contribution in [0.2, 0.25) is 10.0 Å². The van der Waals surface area contributed by atoms with E-state index in [-0.39, 0.29) is 67.6 Å². The average molecular weight is 1160 g/mol. The lowest BCUT2D eigenvalue weighted by Crippen LogP contribution is -2.61. The molecule has 0 saturated heterocycles. The summed E-state index contributed by atoms with van der Waals surface area (Å²) in [6.07, 6.45) is 0. The minimum Gasteiger partial charge on any atom is -0.456 e. The zero-order chi connectivity index (χ0) is 67.3. The molecule has 2 aliphatic rings. The molecule has 0 atom stereocenters. The number of furan rings is 1. The Kier molecular flexibility index (Phi) is 10.4. The van der Waals surface area contributed by atoms with Crippen molar-refractivity contribution in [2.75, 3.05) is 9.80 Å². The van der Waals surface area contributed by atoms with Crippen LogP contribution in [0.15, 0.2) is 265 Å². The minimum atomic E-state index is -1.32. The van der Waals surface area contributed by atoms with E-state index < -0.39 is 53.8 Å². The predicted molar refractivity (Wildman–Crippen MR) is 368 cm³/mol. The van der Waals surface area contributed by atoms with Crippen LogP contribution in [0.5, 0.6) is 0 Å². The van der Waals surface area contributed by atoms with Gasteiger partial charge in [0.1, 0.15) is 11.2 Å². The van der Waals surface area contributed by atoms with Gasteiger partial charge in [0.15, 0.2) is 0 Å². The molecular weight excluding hydrogens is 1090 g/mol. The number of para-hydroxylation sites is 1. The second-order valence-corrected chi connectivity index (χ2v) is 25.1. The molecule has 1 aromatic heterocycles. The Labute approximate surface area is 528 Å². The van der Waals surface area contributed by atoms with Crippen molar-refractivity contribution in [2.45, 2.75) is 52.4 Å². The summed E-state index contributed by atoms with van der Waals surface area (Å²) in [5, 5.41) is 1.14. The Hall–Kier alpha value is -9.32. The van der Waals surface area contributed by atoms with Gasteiger partial charge in [-0.1, -0.05) is 253 Å². The molecular formula is C80H61BCl2N2O. The van der Waals surface area contributed by atoms with E-state index in [2.05, 4.69) is 108 Å². The van der Waals surface area contributed by atoms with Gasteiger partial charge in [0.2, 0.25) is 0 Å². The van der Waals surface area contributed by atoms with Gasteiger partial charge in [0.25, 0.3) is 6.71 Å². The molecule has 2 aliphatic heterocycles. The average Bonchev–Trinajstić information content (AvgIpc) is 0.690. The van der Waals surface area contributed by atoms with E-state index >= 15 is 0 Å². The number of anilines is 6. The van der Waals surface area contributed by atoms with Crippen LogP contribution in [0.4, 0.5) is 34.1 Å². The Bertz CT molecular complexity index is 5260. The molecule has 0 saturated carbocycles. The third-order valence-electron chi connectivity index (χ3n) is 16.9.